The fourth-order valence-electron chi connectivity index (χ4n) is 3.82. The van der Waals surface area contributed by atoms with Crippen molar-refractivity contribution in [2.75, 3.05) is 6.61 Å². The lowest BCUT2D eigenvalue weighted by atomic mass is 10.0. The van der Waals surface area contributed by atoms with Crippen molar-refractivity contribution in [1.29, 1.82) is 0 Å². The maximum atomic E-state index is 13.1. The average Bonchev–Trinajstić information content (AvgIpc) is 2.99. The smallest absolute Gasteiger partial charge is 0.338 e. The lowest BCUT2D eigenvalue weighted by molar-refractivity contribution is -0.206. The molecule has 0 aromatic heterocycles. The highest BCUT2D eigenvalue weighted by Crippen LogP contribution is 2.30. The second kappa shape index (κ2) is 13.3. The minimum Gasteiger partial charge on any atom is -0.463 e. The summed E-state index contributed by atoms with van der Waals surface area (Å²) in [5, 5.41) is 0. The molecule has 0 spiro atoms. The zero-order chi connectivity index (χ0) is 27.7. The van der Waals surface area contributed by atoms with Gasteiger partial charge in [0, 0.05) is 20.8 Å². The van der Waals surface area contributed by atoms with Crippen molar-refractivity contribution >= 4 is 29.8 Å². The zero-order valence-corrected chi connectivity index (χ0v) is 21.1. The topological polar surface area (TPSA) is 141 Å². The molecule has 11 heteroatoms. The van der Waals surface area contributed by atoms with Crippen molar-refractivity contribution in [3.05, 3.63) is 71.8 Å². The molecule has 3 rings (SSSR count). The number of hydrogen-bond donors (Lipinski definition) is 0. The summed E-state index contributed by atoms with van der Waals surface area (Å²) in [6, 6.07) is 16.0. The Morgan fingerprint density at radius 3 is 1.66 bits per heavy atom. The Bertz CT molecular complexity index is 1130. The van der Waals surface area contributed by atoms with Crippen LogP contribution in [0.2, 0.25) is 0 Å². The van der Waals surface area contributed by atoms with Crippen molar-refractivity contribution in [3.63, 3.8) is 0 Å². The Balaban J connectivity index is 2.06. The molecule has 11 nitrogen and oxygen atoms in total. The van der Waals surface area contributed by atoms with Crippen LogP contribution in [0.25, 0.3) is 0 Å². The molecule has 0 aliphatic carbocycles. The molecular weight excluding hydrogens is 500 g/mol. The van der Waals surface area contributed by atoms with Gasteiger partial charge in [-0.1, -0.05) is 36.4 Å². The highest BCUT2D eigenvalue weighted by atomic mass is 16.7. The van der Waals surface area contributed by atoms with Gasteiger partial charge in [-0.25, -0.2) is 9.59 Å². The Labute approximate surface area is 218 Å². The van der Waals surface area contributed by atoms with E-state index in [2.05, 4.69) is 0 Å². The van der Waals surface area contributed by atoms with Gasteiger partial charge in [-0.3, -0.25) is 14.4 Å². The van der Waals surface area contributed by atoms with E-state index >= 15 is 0 Å². The first-order valence-corrected chi connectivity index (χ1v) is 11.8. The first kappa shape index (κ1) is 28.3. The lowest BCUT2D eigenvalue weighted by Gasteiger charge is -2.32. The van der Waals surface area contributed by atoms with E-state index in [1.165, 1.54) is 31.2 Å². The van der Waals surface area contributed by atoms with Gasteiger partial charge in [0.1, 0.15) is 18.8 Å². The number of rotatable bonds is 8. The molecule has 2 aromatic carbocycles. The van der Waals surface area contributed by atoms with E-state index in [9.17, 15) is 24.0 Å². The van der Waals surface area contributed by atoms with Gasteiger partial charge in [0.25, 0.3) is 0 Å². The maximum Gasteiger partial charge on any atom is 0.338 e. The van der Waals surface area contributed by atoms with Gasteiger partial charge >= 0.3 is 29.8 Å². The number of benzene rings is 2. The van der Waals surface area contributed by atoms with Crippen molar-refractivity contribution in [1.82, 2.24) is 0 Å². The van der Waals surface area contributed by atoms with Crippen molar-refractivity contribution in [3.8, 4) is 0 Å². The molecule has 1 unspecified atom stereocenters. The monoisotopic (exact) mass is 528 g/mol. The van der Waals surface area contributed by atoms with Crippen LogP contribution in [-0.4, -0.2) is 67.2 Å². The molecule has 0 radical (unpaired) electrons. The standard InChI is InChI=1S/C27H28O11/c1-16(28)33-15-22-25(38-27(32)20-12-8-5-9-13-20)24(37-26(31)19-10-6-4-7-11-19)21(34-17(2)29)14-23(36-22)35-18(3)30/h4-13,21-25H,14-15H2,1-3H3/t21-,22+,23?,24+,25+/m0/s1. The summed E-state index contributed by atoms with van der Waals surface area (Å²) >= 11 is 0. The Kier molecular flexibility index (Phi) is 9.94. The van der Waals surface area contributed by atoms with Gasteiger partial charge in [-0.15, -0.1) is 0 Å². The molecule has 1 aliphatic rings. The second-order valence-electron chi connectivity index (χ2n) is 8.37. The summed E-state index contributed by atoms with van der Waals surface area (Å²) in [6.45, 7) is 3.01. The highest BCUT2D eigenvalue weighted by molar-refractivity contribution is 5.90. The second-order valence-corrected chi connectivity index (χ2v) is 8.37. The number of esters is 5. The predicted octanol–water partition coefficient (Wildman–Crippen LogP) is 2.61. The minimum absolute atomic E-state index is 0.177. The summed E-state index contributed by atoms with van der Waals surface area (Å²) in [5.74, 6) is -3.71. The molecule has 0 saturated carbocycles. The number of hydrogen-bond acceptors (Lipinski definition) is 11. The molecule has 1 fully saturated rings. The Morgan fingerprint density at radius 2 is 1.18 bits per heavy atom. The SMILES string of the molecule is CC(=O)OC[C@H]1OC(OC(C)=O)C[C@H](OC(C)=O)[C@@H](OC(=O)c2ccccc2)[C@@H]1OC(=O)c1ccccc1. The molecule has 0 N–H and O–H groups in total. The average molecular weight is 529 g/mol. The summed E-state index contributed by atoms with van der Waals surface area (Å²) in [4.78, 5) is 61.5. The van der Waals surface area contributed by atoms with E-state index in [1.54, 1.807) is 36.4 Å². The third-order valence-corrected chi connectivity index (χ3v) is 5.38. The number of ether oxygens (including phenoxy) is 6. The van der Waals surface area contributed by atoms with Crippen LogP contribution in [0, 0.1) is 0 Å². The molecule has 1 saturated heterocycles. The first-order chi connectivity index (χ1) is 18.1. The summed E-state index contributed by atoms with van der Waals surface area (Å²) in [7, 11) is 0. The van der Waals surface area contributed by atoms with E-state index in [4.69, 9.17) is 28.4 Å². The van der Waals surface area contributed by atoms with Crippen molar-refractivity contribution in [2.45, 2.75) is 57.9 Å². The van der Waals surface area contributed by atoms with E-state index in [1.807, 2.05) is 0 Å². The molecule has 202 valence electrons. The van der Waals surface area contributed by atoms with Crippen LogP contribution in [0.3, 0.4) is 0 Å². The largest absolute Gasteiger partial charge is 0.463 e. The van der Waals surface area contributed by atoms with Crippen LogP contribution in [-0.2, 0) is 42.8 Å². The van der Waals surface area contributed by atoms with Crippen LogP contribution >= 0.6 is 0 Å². The van der Waals surface area contributed by atoms with Gasteiger partial charge in [0.2, 0.25) is 6.29 Å². The summed E-state index contributed by atoms with van der Waals surface area (Å²) in [5.41, 5.74) is 0.358. The van der Waals surface area contributed by atoms with E-state index < -0.39 is 67.2 Å². The van der Waals surface area contributed by atoms with E-state index in [-0.39, 0.29) is 17.5 Å². The van der Waals surface area contributed by atoms with E-state index in [0.717, 1.165) is 13.8 Å². The minimum atomic E-state index is -1.44. The van der Waals surface area contributed by atoms with Gasteiger partial charge in [-0.2, -0.15) is 0 Å². The van der Waals surface area contributed by atoms with Crippen LogP contribution in [0.4, 0.5) is 0 Å². The lowest BCUT2D eigenvalue weighted by Crippen LogP contribution is -2.50. The summed E-state index contributed by atoms with van der Waals surface area (Å²) < 4.78 is 33.2. The first-order valence-electron chi connectivity index (χ1n) is 11.8. The Hall–Kier alpha value is -4.25. The van der Waals surface area contributed by atoms with E-state index in [0.29, 0.717) is 0 Å². The van der Waals surface area contributed by atoms with Crippen LogP contribution in [0.1, 0.15) is 47.9 Å². The maximum absolute atomic E-state index is 13.1. The van der Waals surface area contributed by atoms with Gasteiger partial charge < -0.3 is 28.4 Å². The zero-order valence-electron chi connectivity index (χ0n) is 21.1. The number of carbonyl (C=O) groups is 5. The van der Waals surface area contributed by atoms with Crippen LogP contribution in [0.5, 0.6) is 0 Å². The van der Waals surface area contributed by atoms with Crippen molar-refractivity contribution < 1.29 is 52.4 Å². The molecule has 2 aromatic rings. The third kappa shape index (κ3) is 8.13. The highest BCUT2D eigenvalue weighted by Gasteiger charge is 2.49. The molecule has 38 heavy (non-hydrogen) atoms. The normalized spacial score (nSPS) is 22.8. The molecule has 0 amide bonds. The van der Waals surface area contributed by atoms with Gasteiger partial charge in [0.05, 0.1) is 17.5 Å². The molecule has 1 heterocycles. The van der Waals surface area contributed by atoms with Crippen molar-refractivity contribution in [2.24, 2.45) is 0 Å². The van der Waals surface area contributed by atoms with Crippen LogP contribution < -0.4 is 0 Å². The predicted molar refractivity (Wildman–Crippen MR) is 129 cm³/mol. The third-order valence-electron chi connectivity index (χ3n) is 5.38. The number of carbonyl (C=O) groups excluding carboxylic acids is 5. The molecule has 5 atom stereocenters. The summed E-state index contributed by atoms with van der Waals surface area (Å²) in [6.07, 6.45) is -6.98. The fourth-order valence-corrected chi connectivity index (χ4v) is 3.82. The molecule has 0 bridgehead atoms. The fraction of sp³-hybridized carbons (Fsp3) is 0.370. The van der Waals surface area contributed by atoms with Gasteiger partial charge in [0.15, 0.2) is 12.2 Å². The quantitative estimate of drug-likeness (QED) is 0.369. The molecular formula is C27H28O11. The van der Waals surface area contributed by atoms with Crippen LogP contribution in [0.15, 0.2) is 60.7 Å². The molecule has 1 aliphatic heterocycles. The Morgan fingerprint density at radius 1 is 0.684 bits per heavy atom. The van der Waals surface area contributed by atoms with Gasteiger partial charge in [-0.05, 0) is 24.3 Å².